The Labute approximate surface area is 190 Å². The van der Waals surface area contributed by atoms with E-state index >= 15 is 0 Å². The van der Waals surface area contributed by atoms with E-state index in [0.717, 1.165) is 22.3 Å². The van der Waals surface area contributed by atoms with Gasteiger partial charge in [-0.1, -0.05) is 80.6 Å². The lowest BCUT2D eigenvalue weighted by molar-refractivity contribution is 0.100. The fourth-order valence-corrected chi connectivity index (χ4v) is 5.60. The highest BCUT2D eigenvalue weighted by atomic mass is 32.2. The van der Waals surface area contributed by atoms with Crippen LogP contribution in [0.2, 0.25) is 0 Å². The molecule has 3 aromatic carbocycles. The molecule has 1 amide bonds. The zero-order valence-corrected chi connectivity index (χ0v) is 19.5. The Balaban J connectivity index is 1.84. The third-order valence-corrected chi connectivity index (χ3v) is 7.30. The molecule has 0 bridgehead atoms. The lowest BCUT2D eigenvalue weighted by Crippen LogP contribution is -2.37. The summed E-state index contributed by atoms with van der Waals surface area (Å²) in [6, 6.07) is 24.0. The van der Waals surface area contributed by atoms with Gasteiger partial charge in [0.25, 0.3) is 0 Å². The molecule has 0 unspecified atom stereocenters. The number of nitrogens with zero attached hydrogens (tertiary/aromatic N) is 1. The summed E-state index contributed by atoms with van der Waals surface area (Å²) in [7, 11) is -3.50. The maximum atomic E-state index is 13.3. The Kier molecular flexibility index (Phi) is 7.48. The molecule has 0 aliphatic heterocycles. The second-order valence-electron chi connectivity index (χ2n) is 8.44. The van der Waals surface area contributed by atoms with Crippen LogP contribution in [0.15, 0.2) is 78.9 Å². The molecule has 0 saturated heterocycles. The number of amides is 1. The van der Waals surface area contributed by atoms with Crippen LogP contribution in [0, 0.1) is 5.92 Å². The molecule has 3 rings (SSSR count). The Morgan fingerprint density at radius 2 is 1.38 bits per heavy atom. The summed E-state index contributed by atoms with van der Waals surface area (Å²) in [6.45, 7) is 6.43. The fourth-order valence-electron chi connectivity index (χ4n) is 3.69. The van der Waals surface area contributed by atoms with E-state index in [0.29, 0.717) is 12.1 Å². The first-order valence-electron chi connectivity index (χ1n) is 10.7. The standard InChI is InChI=1S/C26H30N2O3S/c1-19(2)17-28(32(30,31)18-21-7-5-4-6-8-21)20(3)22-9-11-23(12-10-22)24-13-15-25(16-14-24)26(27)29/h4-16,19-20H,17-18H2,1-3H3,(H2,27,29)/t20-/m0/s1. The lowest BCUT2D eigenvalue weighted by Gasteiger charge is -2.30. The summed E-state index contributed by atoms with van der Waals surface area (Å²) in [6.07, 6.45) is 0. The number of nitrogens with two attached hydrogens (primary N) is 1. The molecule has 0 fully saturated rings. The molecular weight excluding hydrogens is 420 g/mol. The highest BCUT2D eigenvalue weighted by molar-refractivity contribution is 7.88. The quantitative estimate of drug-likeness (QED) is 0.498. The number of carbonyl (C=O) groups is 1. The first kappa shape index (κ1) is 23.7. The fraction of sp³-hybridized carbons (Fsp3) is 0.269. The molecule has 0 aliphatic rings. The molecule has 0 heterocycles. The predicted octanol–water partition coefficient (Wildman–Crippen LogP) is 5.00. The van der Waals surface area contributed by atoms with Crippen molar-refractivity contribution in [1.82, 2.24) is 4.31 Å². The lowest BCUT2D eigenvalue weighted by atomic mass is 10.00. The average molecular weight is 451 g/mol. The van der Waals surface area contributed by atoms with E-state index in [9.17, 15) is 13.2 Å². The molecular formula is C26H30N2O3S. The number of rotatable bonds is 9. The maximum Gasteiger partial charge on any atom is 0.248 e. The molecule has 0 radical (unpaired) electrons. The molecule has 0 aliphatic carbocycles. The van der Waals surface area contributed by atoms with E-state index in [1.54, 1.807) is 16.4 Å². The minimum atomic E-state index is -3.50. The second kappa shape index (κ2) is 10.1. The van der Waals surface area contributed by atoms with Gasteiger partial charge in [0.15, 0.2) is 0 Å². The van der Waals surface area contributed by atoms with Crippen LogP contribution in [0.5, 0.6) is 0 Å². The molecule has 168 valence electrons. The molecule has 2 N–H and O–H groups in total. The van der Waals surface area contributed by atoms with Crippen LogP contribution in [-0.2, 0) is 15.8 Å². The van der Waals surface area contributed by atoms with Crippen molar-refractivity contribution in [1.29, 1.82) is 0 Å². The Morgan fingerprint density at radius 1 is 0.844 bits per heavy atom. The highest BCUT2D eigenvalue weighted by Crippen LogP contribution is 2.29. The maximum absolute atomic E-state index is 13.3. The van der Waals surface area contributed by atoms with Gasteiger partial charge in [0.1, 0.15) is 0 Å². The second-order valence-corrected chi connectivity index (χ2v) is 10.4. The van der Waals surface area contributed by atoms with Gasteiger partial charge < -0.3 is 5.73 Å². The molecule has 0 spiro atoms. The summed E-state index contributed by atoms with van der Waals surface area (Å²) in [5.74, 6) is -0.274. The topological polar surface area (TPSA) is 80.5 Å². The van der Waals surface area contributed by atoms with Crippen molar-refractivity contribution in [2.24, 2.45) is 11.7 Å². The van der Waals surface area contributed by atoms with Gasteiger partial charge in [-0.05, 0) is 47.2 Å². The van der Waals surface area contributed by atoms with Crippen molar-refractivity contribution in [3.63, 3.8) is 0 Å². The van der Waals surface area contributed by atoms with Crippen LogP contribution in [0.4, 0.5) is 0 Å². The van der Waals surface area contributed by atoms with Gasteiger partial charge in [-0.25, -0.2) is 8.42 Å². The van der Waals surface area contributed by atoms with Crippen molar-refractivity contribution < 1.29 is 13.2 Å². The number of carbonyl (C=O) groups excluding carboxylic acids is 1. The van der Waals surface area contributed by atoms with Gasteiger partial charge in [-0.2, -0.15) is 4.31 Å². The van der Waals surface area contributed by atoms with Gasteiger partial charge in [-0.15, -0.1) is 0 Å². The van der Waals surface area contributed by atoms with Gasteiger partial charge in [0.2, 0.25) is 15.9 Å². The molecule has 5 nitrogen and oxygen atoms in total. The largest absolute Gasteiger partial charge is 0.366 e. The van der Waals surface area contributed by atoms with E-state index < -0.39 is 15.9 Å². The summed E-state index contributed by atoms with van der Waals surface area (Å²) in [5.41, 5.74) is 9.43. The van der Waals surface area contributed by atoms with E-state index in [1.165, 1.54) is 0 Å². The van der Waals surface area contributed by atoms with Crippen molar-refractivity contribution in [2.75, 3.05) is 6.54 Å². The Bertz CT molecular complexity index is 1140. The molecule has 6 heteroatoms. The SMILES string of the molecule is CC(C)CN([C@@H](C)c1ccc(-c2ccc(C(N)=O)cc2)cc1)S(=O)(=O)Cc1ccccc1. The van der Waals surface area contributed by atoms with Gasteiger partial charge in [0, 0.05) is 18.2 Å². The summed E-state index contributed by atoms with van der Waals surface area (Å²) in [4.78, 5) is 11.3. The van der Waals surface area contributed by atoms with Crippen molar-refractivity contribution in [3.8, 4) is 11.1 Å². The van der Waals surface area contributed by atoms with E-state index in [2.05, 4.69) is 0 Å². The number of hydrogen-bond acceptors (Lipinski definition) is 3. The molecule has 0 aromatic heterocycles. The monoisotopic (exact) mass is 450 g/mol. The predicted molar refractivity (Wildman–Crippen MR) is 129 cm³/mol. The van der Waals surface area contributed by atoms with Crippen molar-refractivity contribution >= 4 is 15.9 Å². The molecule has 1 atom stereocenters. The zero-order chi connectivity index (χ0) is 23.3. The van der Waals surface area contributed by atoms with Crippen LogP contribution in [0.1, 0.15) is 48.3 Å². The number of sulfonamides is 1. The van der Waals surface area contributed by atoms with Crippen LogP contribution < -0.4 is 5.73 Å². The van der Waals surface area contributed by atoms with Crippen LogP contribution in [0.3, 0.4) is 0 Å². The Hall–Kier alpha value is -2.96. The molecule has 32 heavy (non-hydrogen) atoms. The van der Waals surface area contributed by atoms with Crippen molar-refractivity contribution in [2.45, 2.75) is 32.6 Å². The van der Waals surface area contributed by atoms with Gasteiger partial charge in [-0.3, -0.25) is 4.79 Å². The highest BCUT2D eigenvalue weighted by Gasteiger charge is 2.29. The van der Waals surface area contributed by atoms with Crippen LogP contribution in [0.25, 0.3) is 11.1 Å². The summed E-state index contributed by atoms with van der Waals surface area (Å²) >= 11 is 0. The number of benzene rings is 3. The minimum Gasteiger partial charge on any atom is -0.366 e. The van der Waals surface area contributed by atoms with Gasteiger partial charge >= 0.3 is 0 Å². The third-order valence-electron chi connectivity index (χ3n) is 5.42. The summed E-state index contributed by atoms with van der Waals surface area (Å²) in [5, 5.41) is 0. The van der Waals surface area contributed by atoms with Crippen LogP contribution >= 0.6 is 0 Å². The van der Waals surface area contributed by atoms with Crippen LogP contribution in [-0.4, -0.2) is 25.2 Å². The van der Waals surface area contributed by atoms with Crippen molar-refractivity contribution in [3.05, 3.63) is 95.6 Å². The molecule has 3 aromatic rings. The number of hydrogen-bond donors (Lipinski definition) is 1. The third kappa shape index (κ3) is 5.84. The Morgan fingerprint density at radius 3 is 1.88 bits per heavy atom. The van der Waals surface area contributed by atoms with E-state index in [1.807, 2.05) is 87.5 Å². The smallest absolute Gasteiger partial charge is 0.248 e. The van der Waals surface area contributed by atoms with E-state index in [4.69, 9.17) is 5.73 Å². The zero-order valence-electron chi connectivity index (χ0n) is 18.7. The summed E-state index contributed by atoms with van der Waals surface area (Å²) < 4.78 is 28.2. The average Bonchev–Trinajstić information content (AvgIpc) is 2.77. The van der Waals surface area contributed by atoms with Gasteiger partial charge in [0.05, 0.1) is 5.75 Å². The minimum absolute atomic E-state index is 0.0187. The molecule has 0 saturated carbocycles. The number of primary amides is 1. The van der Waals surface area contributed by atoms with E-state index in [-0.39, 0.29) is 17.7 Å². The first-order valence-corrected chi connectivity index (χ1v) is 12.3. The first-order chi connectivity index (χ1) is 15.2. The normalized spacial score (nSPS) is 12.8.